The van der Waals surface area contributed by atoms with Gasteiger partial charge in [0.05, 0.1) is 10.6 Å². The lowest BCUT2D eigenvalue weighted by Crippen LogP contribution is -2.15. The van der Waals surface area contributed by atoms with Crippen molar-refractivity contribution in [2.75, 3.05) is 11.1 Å². The minimum absolute atomic E-state index is 0.0715. The second-order valence-corrected chi connectivity index (χ2v) is 5.37. The fourth-order valence-corrected chi connectivity index (χ4v) is 2.25. The van der Waals surface area contributed by atoms with E-state index in [1.54, 1.807) is 12.1 Å². The van der Waals surface area contributed by atoms with E-state index in [4.69, 9.17) is 17.3 Å². The highest BCUT2D eigenvalue weighted by molar-refractivity contribution is 9.10. The fourth-order valence-electron chi connectivity index (χ4n) is 1.73. The molecule has 2 aromatic carbocycles. The zero-order valence-corrected chi connectivity index (χ0v) is 12.8. The number of benzene rings is 2. The number of carbonyl (C=O) groups excluding carboxylic acids is 1. The van der Waals surface area contributed by atoms with Gasteiger partial charge in [0.2, 0.25) is 0 Å². The quantitative estimate of drug-likeness (QED) is 0.487. The molecule has 0 fully saturated rings. The highest BCUT2D eigenvalue weighted by atomic mass is 79.9. The van der Waals surface area contributed by atoms with Crippen molar-refractivity contribution in [1.29, 1.82) is 0 Å². The van der Waals surface area contributed by atoms with Crippen molar-refractivity contribution in [3.8, 4) is 0 Å². The Kier molecular flexibility index (Phi) is 4.44. The molecule has 6 nitrogen and oxygen atoms in total. The van der Waals surface area contributed by atoms with Crippen molar-refractivity contribution in [3.05, 3.63) is 61.6 Å². The van der Waals surface area contributed by atoms with Gasteiger partial charge in [0.15, 0.2) is 0 Å². The van der Waals surface area contributed by atoms with Gasteiger partial charge in [-0.15, -0.1) is 0 Å². The van der Waals surface area contributed by atoms with Gasteiger partial charge in [-0.25, -0.2) is 0 Å². The maximum Gasteiger partial charge on any atom is 0.304 e. The number of nitrogens with zero attached hydrogens (tertiary/aromatic N) is 1. The fraction of sp³-hybridized carbons (Fsp3) is 0. The van der Waals surface area contributed by atoms with Gasteiger partial charge < -0.3 is 11.1 Å². The van der Waals surface area contributed by atoms with Gasteiger partial charge in [-0.1, -0.05) is 17.7 Å². The van der Waals surface area contributed by atoms with Crippen LogP contribution in [0.25, 0.3) is 0 Å². The summed E-state index contributed by atoms with van der Waals surface area (Å²) in [6.07, 6.45) is 0. The van der Waals surface area contributed by atoms with Crippen LogP contribution in [0, 0.1) is 10.1 Å². The van der Waals surface area contributed by atoms with Crippen LogP contribution >= 0.6 is 27.5 Å². The number of nitro benzene ring substituents is 1. The molecule has 0 heterocycles. The van der Waals surface area contributed by atoms with Crippen LogP contribution in [-0.2, 0) is 0 Å². The summed E-state index contributed by atoms with van der Waals surface area (Å²) in [6.45, 7) is 0. The molecular weight excluding hydrogens is 362 g/mol. The van der Waals surface area contributed by atoms with E-state index in [9.17, 15) is 14.9 Å². The summed E-state index contributed by atoms with van der Waals surface area (Å²) in [7, 11) is 0. The number of amides is 1. The summed E-state index contributed by atoms with van der Waals surface area (Å²) >= 11 is 9.11. The average Bonchev–Trinajstić information content (AvgIpc) is 2.42. The van der Waals surface area contributed by atoms with Crippen molar-refractivity contribution in [1.82, 2.24) is 0 Å². The highest BCUT2D eigenvalue weighted by Gasteiger charge is 2.23. The zero-order chi connectivity index (χ0) is 15.6. The van der Waals surface area contributed by atoms with Gasteiger partial charge in [0.1, 0.15) is 11.3 Å². The molecule has 0 aliphatic carbocycles. The number of nitro groups is 1. The zero-order valence-electron chi connectivity index (χ0n) is 10.5. The van der Waals surface area contributed by atoms with Crippen LogP contribution in [0.15, 0.2) is 40.9 Å². The molecule has 21 heavy (non-hydrogen) atoms. The van der Waals surface area contributed by atoms with Crippen LogP contribution < -0.4 is 11.1 Å². The second-order valence-electron chi connectivity index (χ2n) is 4.08. The molecule has 0 saturated heterocycles. The number of halogens is 2. The Morgan fingerprint density at radius 3 is 2.71 bits per heavy atom. The molecule has 2 aromatic rings. The molecule has 0 radical (unpaired) electrons. The molecule has 1 amide bonds. The van der Waals surface area contributed by atoms with Gasteiger partial charge in [-0.05, 0) is 46.3 Å². The number of rotatable bonds is 3. The van der Waals surface area contributed by atoms with E-state index in [2.05, 4.69) is 21.2 Å². The molecule has 3 N–H and O–H groups in total. The Bertz CT molecular complexity index is 737. The maximum absolute atomic E-state index is 12.2. The van der Waals surface area contributed by atoms with Crippen LogP contribution in [0.1, 0.15) is 10.4 Å². The Morgan fingerprint density at radius 2 is 2.05 bits per heavy atom. The van der Waals surface area contributed by atoms with Crippen molar-refractivity contribution in [2.24, 2.45) is 0 Å². The molecule has 0 aliphatic heterocycles. The number of anilines is 2. The summed E-state index contributed by atoms with van der Waals surface area (Å²) in [6, 6.07) is 9.01. The van der Waals surface area contributed by atoms with Gasteiger partial charge in [0, 0.05) is 9.50 Å². The van der Waals surface area contributed by atoms with Crippen LogP contribution in [0.2, 0.25) is 5.02 Å². The highest BCUT2D eigenvalue weighted by Crippen LogP contribution is 2.29. The van der Waals surface area contributed by atoms with E-state index in [1.165, 1.54) is 24.3 Å². The van der Waals surface area contributed by atoms with Gasteiger partial charge in [-0.3, -0.25) is 14.9 Å². The van der Waals surface area contributed by atoms with Gasteiger partial charge in [-0.2, -0.15) is 0 Å². The lowest BCUT2D eigenvalue weighted by Gasteiger charge is -2.09. The normalized spacial score (nSPS) is 10.2. The van der Waals surface area contributed by atoms with E-state index >= 15 is 0 Å². The molecule has 108 valence electrons. The number of nitrogens with two attached hydrogens (primary N) is 1. The topological polar surface area (TPSA) is 98.3 Å². The summed E-state index contributed by atoms with van der Waals surface area (Å²) < 4.78 is 0.604. The van der Waals surface area contributed by atoms with E-state index in [-0.39, 0.29) is 11.3 Å². The van der Waals surface area contributed by atoms with Crippen molar-refractivity contribution in [2.45, 2.75) is 0 Å². The summed E-state index contributed by atoms with van der Waals surface area (Å²) in [5.74, 6) is -0.642. The first-order valence-electron chi connectivity index (χ1n) is 5.69. The average molecular weight is 371 g/mol. The number of nitrogen functional groups attached to an aromatic ring is 1. The minimum Gasteiger partial charge on any atom is -0.393 e. The third-order valence-electron chi connectivity index (χ3n) is 2.67. The SMILES string of the molecule is Nc1cccc(C(=O)Nc2cc(Cl)ccc2Br)c1[N+](=O)[O-]. The van der Waals surface area contributed by atoms with E-state index < -0.39 is 16.5 Å². The summed E-state index contributed by atoms with van der Waals surface area (Å²) in [5.41, 5.74) is 5.35. The Hall–Kier alpha value is -2.12. The van der Waals surface area contributed by atoms with Crippen LogP contribution in [0.5, 0.6) is 0 Å². The Balaban J connectivity index is 2.40. The van der Waals surface area contributed by atoms with E-state index in [1.807, 2.05) is 0 Å². The van der Waals surface area contributed by atoms with Crippen LogP contribution in [0.4, 0.5) is 17.1 Å². The molecule has 0 bridgehead atoms. The lowest BCUT2D eigenvalue weighted by molar-refractivity contribution is -0.384. The third kappa shape index (κ3) is 3.32. The number of para-hydroxylation sites is 1. The predicted molar refractivity (Wildman–Crippen MR) is 84.6 cm³/mol. The number of nitrogens with one attached hydrogen (secondary N) is 1. The number of hydrogen-bond acceptors (Lipinski definition) is 4. The van der Waals surface area contributed by atoms with Crippen molar-refractivity contribution < 1.29 is 9.72 Å². The second kappa shape index (κ2) is 6.11. The smallest absolute Gasteiger partial charge is 0.304 e. The first-order chi connectivity index (χ1) is 9.90. The van der Waals surface area contributed by atoms with Crippen LogP contribution in [-0.4, -0.2) is 10.8 Å². The lowest BCUT2D eigenvalue weighted by atomic mass is 10.1. The monoisotopic (exact) mass is 369 g/mol. The Morgan fingerprint density at radius 1 is 1.33 bits per heavy atom. The first kappa shape index (κ1) is 15.3. The van der Waals surface area contributed by atoms with E-state index in [0.717, 1.165) is 0 Å². The molecule has 0 aliphatic rings. The summed E-state index contributed by atoms with van der Waals surface area (Å²) in [4.78, 5) is 22.6. The molecule has 0 unspecified atom stereocenters. The Labute approximate surface area is 133 Å². The number of carbonyl (C=O) groups is 1. The first-order valence-corrected chi connectivity index (χ1v) is 6.86. The van der Waals surface area contributed by atoms with Crippen molar-refractivity contribution >= 4 is 50.5 Å². The molecule has 0 aromatic heterocycles. The standard InChI is InChI=1S/C13H9BrClN3O3/c14-9-5-4-7(15)6-11(9)17-13(19)8-2-1-3-10(16)12(8)18(20)21/h1-6H,16H2,(H,17,19). The van der Waals surface area contributed by atoms with Gasteiger partial charge in [0.25, 0.3) is 5.91 Å². The molecule has 0 spiro atoms. The van der Waals surface area contributed by atoms with Crippen molar-refractivity contribution in [3.63, 3.8) is 0 Å². The summed E-state index contributed by atoms with van der Waals surface area (Å²) in [5, 5.41) is 14.0. The largest absolute Gasteiger partial charge is 0.393 e. The molecular formula is C13H9BrClN3O3. The van der Waals surface area contributed by atoms with Gasteiger partial charge >= 0.3 is 5.69 Å². The molecule has 8 heteroatoms. The maximum atomic E-state index is 12.2. The third-order valence-corrected chi connectivity index (χ3v) is 3.60. The van der Waals surface area contributed by atoms with E-state index in [0.29, 0.717) is 15.2 Å². The van der Waals surface area contributed by atoms with Crippen LogP contribution in [0.3, 0.4) is 0 Å². The number of hydrogen-bond donors (Lipinski definition) is 2. The minimum atomic E-state index is -0.683. The predicted octanol–water partition coefficient (Wildman–Crippen LogP) is 3.85. The molecule has 0 atom stereocenters. The molecule has 0 saturated carbocycles. The molecule has 2 rings (SSSR count).